The zero-order valence-electron chi connectivity index (χ0n) is 80.1. The smallest absolute Gasteiger partial charge is 0.306 e. The first-order valence-corrected chi connectivity index (χ1v) is 45.6. The molecule has 14 amide bonds. The number of fused-ring (bicyclic) bond motifs is 2. The topological polar surface area (TPSA) is 746 Å². The number of aliphatic hydroxyl groups is 10. The summed E-state index contributed by atoms with van der Waals surface area (Å²) in [7, 11) is 2.60. The third-order valence-electron chi connectivity index (χ3n) is 21.1. The van der Waals surface area contributed by atoms with Crippen molar-refractivity contribution in [2.45, 2.75) is 177 Å². The van der Waals surface area contributed by atoms with Crippen LogP contribution in [-0.2, 0) is 146 Å². The van der Waals surface area contributed by atoms with Crippen molar-refractivity contribution in [2.75, 3.05) is 205 Å². The summed E-state index contributed by atoms with van der Waals surface area (Å²) >= 11 is 0. The highest BCUT2D eigenvalue weighted by atomic mass is 19.1. The fraction of sp³-hybridized carbons (Fsp3) is 0.678. The predicted octanol–water partition coefficient (Wildman–Crippen LogP) is -9.91. The number of nitrogens with one attached hydrogen (secondary N) is 10. The molecule has 1 saturated heterocycles. The molecule has 12 atom stereocenters. The number of carbonyl (C=O) groups excluding carboxylic acids is 15. The molecule has 55 heteroatoms. The van der Waals surface area contributed by atoms with Crippen molar-refractivity contribution in [1.82, 2.24) is 67.9 Å². The molecule has 0 bridgehead atoms. The molecule has 3 aliphatic heterocycles. The van der Waals surface area contributed by atoms with Crippen molar-refractivity contribution in [3.63, 3.8) is 0 Å². The van der Waals surface area contributed by atoms with Crippen LogP contribution < -0.4 is 72.1 Å². The first-order chi connectivity index (χ1) is 68.3. The molecule has 2 aromatic carbocycles. The number of carboxylic acids is 1. The van der Waals surface area contributed by atoms with Gasteiger partial charge in [0.05, 0.1) is 204 Å². The van der Waals surface area contributed by atoms with Crippen molar-refractivity contribution in [3.05, 3.63) is 46.0 Å². The molecule has 800 valence electrons. The SMILES string of the molecule is [3H]C1CC(=O)N(CC(=O)N[C@@H](CCC(=O)NC[C@H](C)OC(=O)CCC(=O)N2Cc3cc(OC)c(OCCCOc4c(OC)cc5c(c4F)CN(C(=O)CCC(=O)O)C5)c(F)c3C2)C(=O)NCC(=O)NCC(=O)NCC(=O)NCC(=O)NCCOCCOCCOCCOCCOCCOCCOCCOCCC(=O)N[C@@H](CCC(=O)NC[C@H](O)[C@@H](O)[C@H](O)[C@H](O)CO)C(=O)NC[C@H](O)[C@@H](O)[C@H](O)[C@H](O)CO)C1=O. The maximum atomic E-state index is 16.1. The van der Waals surface area contributed by atoms with Crippen molar-refractivity contribution in [1.29, 1.82) is 0 Å². The molecule has 0 aliphatic carbocycles. The molecule has 0 aromatic heterocycles. The Balaban J connectivity index is 0.843. The third-order valence-corrected chi connectivity index (χ3v) is 21.1. The van der Waals surface area contributed by atoms with Gasteiger partial charge in [-0.15, -0.1) is 0 Å². The number of hydrogen-bond acceptors (Lipinski definition) is 39. The summed E-state index contributed by atoms with van der Waals surface area (Å²) in [4.78, 5) is 206. The van der Waals surface area contributed by atoms with E-state index in [1.54, 1.807) is 0 Å². The number of esters is 1. The molecule has 0 spiro atoms. The Morgan fingerprint density at radius 1 is 0.415 bits per heavy atom. The van der Waals surface area contributed by atoms with Crippen LogP contribution in [0.4, 0.5) is 8.78 Å². The average Bonchev–Trinajstić information content (AvgIpc) is 1.65. The minimum Gasteiger partial charge on any atom is -0.493 e. The van der Waals surface area contributed by atoms with Gasteiger partial charge in [0.25, 0.3) is 0 Å². The Labute approximate surface area is 815 Å². The Morgan fingerprint density at radius 2 is 0.796 bits per heavy atom. The minimum atomic E-state index is -2.02. The van der Waals surface area contributed by atoms with Crippen LogP contribution in [0.2, 0.25) is 0 Å². The minimum absolute atomic E-state index is 0.0172. The van der Waals surface area contributed by atoms with Crippen LogP contribution in [0, 0.1) is 11.6 Å². The van der Waals surface area contributed by atoms with Gasteiger partial charge in [-0.05, 0) is 43.0 Å². The molecule has 21 N–H and O–H groups in total. The van der Waals surface area contributed by atoms with Gasteiger partial charge in [0, 0.05) is 110 Å². The maximum Gasteiger partial charge on any atom is 0.306 e. The van der Waals surface area contributed by atoms with E-state index in [1.807, 2.05) is 0 Å². The molecule has 3 heterocycles. The summed E-state index contributed by atoms with van der Waals surface area (Å²) in [6.07, 6.45) is -21.4. The highest BCUT2D eigenvalue weighted by Gasteiger charge is 2.38. The summed E-state index contributed by atoms with van der Waals surface area (Å²) in [6.45, 7) is -2.69. The number of rotatable bonds is 76. The van der Waals surface area contributed by atoms with Crippen molar-refractivity contribution >= 4 is 94.6 Å². The van der Waals surface area contributed by atoms with E-state index in [2.05, 4.69) is 53.2 Å². The number of imide groups is 1. The van der Waals surface area contributed by atoms with Crippen LogP contribution in [0.5, 0.6) is 23.0 Å². The van der Waals surface area contributed by atoms with Gasteiger partial charge < -0.3 is 181 Å². The Bertz CT molecular complexity index is 4450. The van der Waals surface area contributed by atoms with E-state index in [1.165, 1.54) is 43.1 Å². The van der Waals surface area contributed by atoms with Gasteiger partial charge in [0.15, 0.2) is 34.6 Å². The number of amides is 14. The van der Waals surface area contributed by atoms with E-state index >= 15 is 8.78 Å². The van der Waals surface area contributed by atoms with Crippen LogP contribution in [0.15, 0.2) is 12.1 Å². The van der Waals surface area contributed by atoms with Crippen LogP contribution in [0.1, 0.15) is 108 Å². The Morgan fingerprint density at radius 3 is 1.21 bits per heavy atom. The summed E-state index contributed by atoms with van der Waals surface area (Å²) in [5, 5.41) is 129. The van der Waals surface area contributed by atoms with E-state index < -0.39 is 271 Å². The lowest BCUT2D eigenvalue weighted by Gasteiger charge is -2.26. The molecular formula is C87H133F2N13O40. The van der Waals surface area contributed by atoms with Gasteiger partial charge in [-0.2, -0.15) is 0 Å². The Kier molecular flexibility index (Phi) is 56.3. The summed E-state index contributed by atoms with van der Waals surface area (Å²) in [6, 6.07) is 0.0168. The van der Waals surface area contributed by atoms with Gasteiger partial charge in [-0.25, -0.2) is 8.78 Å². The van der Waals surface area contributed by atoms with E-state index in [0.717, 1.165) is 0 Å². The summed E-state index contributed by atoms with van der Waals surface area (Å²) < 4.78 is 111. The van der Waals surface area contributed by atoms with E-state index in [0.29, 0.717) is 35.8 Å². The number of benzene rings is 2. The number of carboxylic acid groups (broad SMARTS) is 1. The van der Waals surface area contributed by atoms with Crippen molar-refractivity contribution in [2.24, 2.45) is 0 Å². The number of hydrogen-bond donors (Lipinski definition) is 21. The van der Waals surface area contributed by atoms with Crippen molar-refractivity contribution in [3.8, 4) is 23.0 Å². The number of methoxy groups -OCH3 is 2. The van der Waals surface area contributed by atoms with Gasteiger partial charge in [-0.1, -0.05) is 0 Å². The first kappa shape index (κ1) is 119. The summed E-state index contributed by atoms with van der Waals surface area (Å²) in [5.41, 5.74) is 1.20. The molecular weight excluding hydrogens is 1910 g/mol. The molecule has 3 aliphatic rings. The second kappa shape index (κ2) is 67.1. The third kappa shape index (κ3) is 45.4. The quantitative estimate of drug-likeness (QED) is 0.0166. The molecule has 1 unspecified atom stereocenters. The van der Waals surface area contributed by atoms with Gasteiger partial charge in [-0.3, -0.25) is 81.6 Å². The van der Waals surface area contributed by atoms with E-state index in [-0.39, 0.29) is 211 Å². The number of ether oxygens (including phenoxy) is 13. The average molecular weight is 2040 g/mol. The molecule has 2 aromatic rings. The number of aliphatic carboxylic acids is 1. The number of nitrogens with zero attached hydrogens (tertiary/aromatic N) is 3. The Hall–Kier alpha value is -11.5. The van der Waals surface area contributed by atoms with Gasteiger partial charge in [0.2, 0.25) is 82.7 Å². The fourth-order valence-corrected chi connectivity index (χ4v) is 13.2. The largest absolute Gasteiger partial charge is 0.493 e. The monoisotopic (exact) mass is 2040 g/mol. The second-order valence-corrected chi connectivity index (χ2v) is 32.0. The molecule has 1 fully saturated rings. The molecule has 142 heavy (non-hydrogen) atoms. The lowest BCUT2D eigenvalue weighted by Crippen LogP contribution is -2.53. The standard InChI is InChI=1S/C87H133F2N13O40/c1-51(142-77(123)14-12-73(118)101-45-53-36-63(131-3)85(79(89)55(53)47-101)141-18-4-17-140-84-62(130-2)35-52-44-100(46-54(52)78(84)88)72(117)11-13-76(121)122)37-91-64(109)7-6-57(99-71(116)48-102-74(119)9-10-75(102)120)87(129)97-43-70(115)95-42-69(114)94-41-68(113)93-40-67(112)90-16-20-133-22-24-135-26-28-137-30-32-139-34-33-138-31-29-136-27-25-134-23-21-132-19-15-66(111)98-56(86(128)96-39-59(106)81(125)83(127)61(108)50-104)5-8-65(110)92-38-58(105)80(124)82(126)60(107)49-103/h35-36,51,56-61,80-83,103-108,124-127H,4-34,37-50H2,1-3H3,(H,90,112)(H,91,109)(H,92,110)(H,93,113)(H,94,114)(H,95,115)(H,96,128)(H,97,129)(H,98,111)(H,99,116)(H,121,122)/t51-,56-,57-,58-,59-,60+,61+,80+,81+,82+,83+/m0/s1/i9T/t9?,51-,56-,57-,58-,59-,60+,61+,80+,81+,82+,83+. The normalized spacial score (nSPS) is 15.6. The van der Waals surface area contributed by atoms with Crippen LogP contribution in [0.25, 0.3) is 0 Å². The molecule has 53 nitrogen and oxygen atoms in total. The van der Waals surface area contributed by atoms with Gasteiger partial charge in [0.1, 0.15) is 61.4 Å². The number of halogens is 2. The van der Waals surface area contributed by atoms with E-state index in [9.17, 15) is 118 Å². The molecule has 0 radical (unpaired) electrons. The lowest BCUT2D eigenvalue weighted by molar-refractivity contribution is -0.150. The van der Waals surface area contributed by atoms with Crippen molar-refractivity contribution < 1.29 is 205 Å². The predicted molar refractivity (Wildman–Crippen MR) is 477 cm³/mol. The van der Waals surface area contributed by atoms with Crippen LogP contribution in [0.3, 0.4) is 0 Å². The number of likely N-dealkylation sites (tertiary alicyclic amines) is 1. The molecule has 5 rings (SSSR count). The lowest BCUT2D eigenvalue weighted by atomic mass is 10.0. The zero-order chi connectivity index (χ0) is 105. The first-order valence-electron chi connectivity index (χ1n) is 46.2. The van der Waals surface area contributed by atoms with Gasteiger partial charge >= 0.3 is 11.9 Å². The number of carbonyl (C=O) groups is 16. The fourth-order valence-electron chi connectivity index (χ4n) is 13.2. The van der Waals surface area contributed by atoms with Crippen LogP contribution in [-0.4, -0.2) is 438 Å². The second-order valence-electron chi connectivity index (χ2n) is 32.0. The molecule has 0 saturated carbocycles. The highest BCUT2D eigenvalue weighted by molar-refractivity contribution is 6.05. The maximum absolute atomic E-state index is 16.1. The highest BCUT2D eigenvalue weighted by Crippen LogP contribution is 2.41. The number of aliphatic hydroxyl groups excluding tert-OH is 10. The zero-order valence-corrected chi connectivity index (χ0v) is 79.1. The summed E-state index contributed by atoms with van der Waals surface area (Å²) in [5.74, 6) is -15.1. The van der Waals surface area contributed by atoms with Crippen LogP contribution >= 0.6 is 0 Å². The van der Waals surface area contributed by atoms with E-state index in [4.69, 9.17) is 78.3 Å².